The quantitative estimate of drug-likeness (QED) is 0.296. The smallest absolute Gasteiger partial charge is 0.407 e. The standard InChI is InChI=1S/C28H35N3O6/c1-27(2,3)37-26(36)30-18-21(20-10-12-22(32)13-11-20)17-28(25(35)29-4,16-19-8-6-5-7-9-19)31-23(33)14-15-24(31)34/h5-15,21,32-34H,16-18H2,1-4H3,(H,29,35)(H,30,36)/t21-,28+/m0/s1. The monoisotopic (exact) mass is 509 g/mol. The summed E-state index contributed by atoms with van der Waals surface area (Å²) in [6.45, 7) is 5.38. The molecule has 0 fully saturated rings. The third kappa shape index (κ3) is 6.75. The van der Waals surface area contributed by atoms with E-state index in [1.54, 1.807) is 32.9 Å². The van der Waals surface area contributed by atoms with Crippen LogP contribution < -0.4 is 10.6 Å². The van der Waals surface area contributed by atoms with Crippen molar-refractivity contribution in [2.75, 3.05) is 13.6 Å². The molecule has 0 bridgehead atoms. The maximum Gasteiger partial charge on any atom is 0.407 e. The van der Waals surface area contributed by atoms with E-state index in [-0.39, 0.29) is 36.9 Å². The third-order valence-corrected chi connectivity index (χ3v) is 6.10. The van der Waals surface area contributed by atoms with Gasteiger partial charge in [-0.25, -0.2) is 4.79 Å². The highest BCUT2D eigenvalue weighted by molar-refractivity contribution is 5.85. The number of aromatic hydroxyl groups is 3. The first kappa shape index (κ1) is 27.4. The van der Waals surface area contributed by atoms with E-state index in [0.717, 1.165) is 11.1 Å². The molecule has 198 valence electrons. The molecule has 0 aliphatic carbocycles. The number of nitrogens with one attached hydrogen (secondary N) is 2. The lowest BCUT2D eigenvalue weighted by Gasteiger charge is -2.38. The minimum Gasteiger partial charge on any atom is -0.508 e. The van der Waals surface area contributed by atoms with Crippen molar-refractivity contribution in [3.05, 3.63) is 77.9 Å². The SMILES string of the molecule is CNC(=O)[C@@](Cc1ccccc1)(C[C@@H](CNC(=O)OC(C)(C)C)c1ccc(O)cc1)n1c(O)ccc1O. The number of benzene rings is 2. The van der Waals surface area contributed by atoms with Crippen LogP contribution in [0.25, 0.3) is 0 Å². The molecule has 9 heteroatoms. The van der Waals surface area contributed by atoms with Crippen LogP contribution in [0.2, 0.25) is 0 Å². The molecule has 0 saturated heterocycles. The van der Waals surface area contributed by atoms with E-state index < -0.39 is 29.1 Å². The molecule has 3 rings (SSSR count). The normalized spacial score (nSPS) is 13.8. The minimum atomic E-state index is -1.48. The van der Waals surface area contributed by atoms with Gasteiger partial charge in [-0.3, -0.25) is 9.36 Å². The van der Waals surface area contributed by atoms with Gasteiger partial charge in [0.25, 0.3) is 0 Å². The number of nitrogens with zero attached hydrogens (tertiary/aromatic N) is 1. The van der Waals surface area contributed by atoms with E-state index in [0.29, 0.717) is 0 Å². The second-order valence-corrected chi connectivity index (χ2v) is 10.0. The van der Waals surface area contributed by atoms with Crippen LogP contribution >= 0.6 is 0 Å². The number of phenolic OH excluding ortho intramolecular Hbond substituents is 1. The summed E-state index contributed by atoms with van der Waals surface area (Å²) < 4.78 is 6.62. The Hall–Kier alpha value is -4.14. The summed E-state index contributed by atoms with van der Waals surface area (Å²) in [6.07, 6.45) is -0.390. The molecule has 1 heterocycles. The predicted molar refractivity (Wildman–Crippen MR) is 140 cm³/mol. The van der Waals surface area contributed by atoms with Crippen LogP contribution in [-0.2, 0) is 21.5 Å². The van der Waals surface area contributed by atoms with E-state index in [1.807, 2.05) is 30.3 Å². The number of carbonyl (C=O) groups is 2. The Bertz CT molecular complexity index is 1180. The van der Waals surface area contributed by atoms with Crippen molar-refractivity contribution in [2.45, 2.75) is 50.7 Å². The van der Waals surface area contributed by atoms with Crippen molar-refractivity contribution in [2.24, 2.45) is 0 Å². The zero-order valence-corrected chi connectivity index (χ0v) is 21.6. The maximum atomic E-state index is 13.7. The highest BCUT2D eigenvalue weighted by atomic mass is 16.6. The second-order valence-electron chi connectivity index (χ2n) is 10.0. The maximum absolute atomic E-state index is 13.7. The Kier molecular flexibility index (Phi) is 8.37. The van der Waals surface area contributed by atoms with Crippen LogP contribution in [0.5, 0.6) is 17.5 Å². The number of likely N-dealkylation sites (N-methyl/N-ethyl adjacent to an activating group) is 1. The molecule has 0 spiro atoms. The van der Waals surface area contributed by atoms with Crippen molar-refractivity contribution >= 4 is 12.0 Å². The summed E-state index contributed by atoms with van der Waals surface area (Å²) in [4.78, 5) is 26.2. The molecule has 0 radical (unpaired) electrons. The lowest BCUT2D eigenvalue weighted by molar-refractivity contribution is -0.130. The molecule has 0 aliphatic rings. The average molecular weight is 510 g/mol. The molecule has 37 heavy (non-hydrogen) atoms. The second kappa shape index (κ2) is 11.3. The van der Waals surface area contributed by atoms with Gasteiger partial charge in [0.15, 0.2) is 11.8 Å². The van der Waals surface area contributed by atoms with E-state index in [1.165, 1.54) is 35.9 Å². The molecule has 9 nitrogen and oxygen atoms in total. The van der Waals surface area contributed by atoms with E-state index >= 15 is 0 Å². The summed E-state index contributed by atoms with van der Waals surface area (Å²) in [5, 5.41) is 36.8. The highest BCUT2D eigenvalue weighted by Crippen LogP contribution is 2.41. The van der Waals surface area contributed by atoms with Crippen molar-refractivity contribution < 1.29 is 29.6 Å². The number of hydrogen-bond donors (Lipinski definition) is 5. The molecular weight excluding hydrogens is 474 g/mol. The fourth-order valence-corrected chi connectivity index (χ4v) is 4.52. The molecule has 1 aromatic heterocycles. The first-order valence-corrected chi connectivity index (χ1v) is 12.1. The van der Waals surface area contributed by atoms with E-state index in [2.05, 4.69) is 10.6 Å². The number of rotatable bonds is 9. The van der Waals surface area contributed by atoms with Gasteiger partial charge in [0.05, 0.1) is 0 Å². The third-order valence-electron chi connectivity index (χ3n) is 6.10. The number of ether oxygens (including phenoxy) is 1. The molecular formula is C28H35N3O6. The van der Waals surface area contributed by atoms with E-state index in [9.17, 15) is 24.9 Å². The Morgan fingerprint density at radius 2 is 1.51 bits per heavy atom. The molecule has 3 aromatic rings. The first-order valence-electron chi connectivity index (χ1n) is 12.1. The molecule has 0 saturated carbocycles. The molecule has 2 amide bonds. The van der Waals surface area contributed by atoms with Crippen LogP contribution in [0.1, 0.15) is 44.2 Å². The van der Waals surface area contributed by atoms with Gasteiger partial charge in [0, 0.05) is 38.1 Å². The number of carbonyl (C=O) groups excluding carboxylic acids is 2. The highest BCUT2D eigenvalue weighted by Gasteiger charge is 2.45. The number of alkyl carbamates (subject to hydrolysis) is 1. The van der Waals surface area contributed by atoms with Gasteiger partial charge in [0.2, 0.25) is 5.91 Å². The van der Waals surface area contributed by atoms with Gasteiger partial charge in [-0.05, 0) is 50.5 Å². The molecule has 5 N–H and O–H groups in total. The van der Waals surface area contributed by atoms with Crippen molar-refractivity contribution in [3.63, 3.8) is 0 Å². The van der Waals surface area contributed by atoms with Crippen LogP contribution in [0.15, 0.2) is 66.7 Å². The topological polar surface area (TPSA) is 133 Å². The minimum absolute atomic E-state index is 0.0742. The van der Waals surface area contributed by atoms with Crippen molar-refractivity contribution in [3.8, 4) is 17.5 Å². The summed E-state index contributed by atoms with van der Waals surface area (Å²) in [6, 6.07) is 18.4. The van der Waals surface area contributed by atoms with Crippen molar-refractivity contribution in [1.82, 2.24) is 15.2 Å². The van der Waals surface area contributed by atoms with Gasteiger partial charge in [-0.1, -0.05) is 42.5 Å². The molecule has 0 unspecified atom stereocenters. The molecule has 0 aliphatic heterocycles. The van der Waals surface area contributed by atoms with Gasteiger partial charge < -0.3 is 30.7 Å². The lowest BCUT2D eigenvalue weighted by atomic mass is 9.78. The summed E-state index contributed by atoms with van der Waals surface area (Å²) in [7, 11) is 1.49. The Morgan fingerprint density at radius 3 is 2.05 bits per heavy atom. The van der Waals surface area contributed by atoms with Gasteiger partial charge in [0.1, 0.15) is 16.9 Å². The van der Waals surface area contributed by atoms with Gasteiger partial charge in [-0.2, -0.15) is 0 Å². The van der Waals surface area contributed by atoms with Gasteiger partial charge >= 0.3 is 6.09 Å². The zero-order valence-electron chi connectivity index (χ0n) is 21.6. The van der Waals surface area contributed by atoms with Crippen LogP contribution in [0.3, 0.4) is 0 Å². The summed E-state index contributed by atoms with van der Waals surface area (Å²) in [5.74, 6) is -1.39. The zero-order chi connectivity index (χ0) is 27.2. The van der Waals surface area contributed by atoms with Crippen molar-refractivity contribution in [1.29, 1.82) is 0 Å². The summed E-state index contributed by atoms with van der Waals surface area (Å²) >= 11 is 0. The van der Waals surface area contributed by atoms with Gasteiger partial charge in [-0.15, -0.1) is 0 Å². The Morgan fingerprint density at radius 1 is 0.919 bits per heavy atom. The fraction of sp³-hybridized carbons (Fsp3) is 0.357. The van der Waals surface area contributed by atoms with E-state index in [4.69, 9.17) is 4.74 Å². The average Bonchev–Trinajstić information content (AvgIpc) is 3.19. The number of hydrogen-bond acceptors (Lipinski definition) is 6. The number of phenols is 1. The lowest BCUT2D eigenvalue weighted by Crippen LogP contribution is -2.51. The Labute approximate surface area is 216 Å². The predicted octanol–water partition coefficient (Wildman–Crippen LogP) is 3.99. The molecule has 2 aromatic carbocycles. The van der Waals surface area contributed by atoms with Crippen LogP contribution in [-0.4, -0.2) is 51.1 Å². The van der Waals surface area contributed by atoms with Crippen LogP contribution in [0.4, 0.5) is 4.79 Å². The largest absolute Gasteiger partial charge is 0.508 e. The Balaban J connectivity index is 2.11. The fourth-order valence-electron chi connectivity index (χ4n) is 4.52. The van der Waals surface area contributed by atoms with Crippen LogP contribution in [0, 0.1) is 0 Å². The summed E-state index contributed by atoms with van der Waals surface area (Å²) in [5.41, 5.74) is -0.629. The first-order chi connectivity index (χ1) is 17.4. The number of amides is 2. The molecule has 2 atom stereocenters. The number of aromatic nitrogens is 1.